The molecule has 0 amide bonds. The Morgan fingerprint density at radius 1 is 1.32 bits per heavy atom. The van der Waals surface area contributed by atoms with Crippen LogP contribution in [0.5, 0.6) is 0 Å². The average molecular weight is 262 g/mol. The fourth-order valence-corrected chi connectivity index (χ4v) is 2.63. The lowest BCUT2D eigenvalue weighted by Gasteiger charge is -2.38. The molecule has 2 rings (SSSR count). The summed E-state index contributed by atoms with van der Waals surface area (Å²) in [7, 11) is 1.90. The summed E-state index contributed by atoms with van der Waals surface area (Å²) in [4.78, 5) is 11.6. The van der Waals surface area contributed by atoms with Crippen molar-refractivity contribution < 1.29 is 0 Å². The normalized spacial score (nSPS) is 19.4. The summed E-state index contributed by atoms with van der Waals surface area (Å²) in [5.41, 5.74) is 1.57. The Morgan fingerprint density at radius 2 is 2.00 bits per heavy atom. The third-order valence-electron chi connectivity index (χ3n) is 4.44. The highest BCUT2D eigenvalue weighted by Gasteiger charge is 2.28. The molecule has 0 unspecified atom stereocenters. The lowest BCUT2D eigenvalue weighted by molar-refractivity contribution is 0.107. The van der Waals surface area contributed by atoms with Crippen LogP contribution >= 0.6 is 0 Å². The van der Waals surface area contributed by atoms with Crippen LogP contribution in [0, 0.1) is 12.3 Å². The molecule has 1 aliphatic rings. The van der Waals surface area contributed by atoms with E-state index in [2.05, 4.69) is 34.0 Å². The van der Waals surface area contributed by atoms with E-state index in [1.165, 1.54) is 19.3 Å². The Bertz CT molecular complexity index is 422. The molecule has 106 valence electrons. The van der Waals surface area contributed by atoms with Crippen molar-refractivity contribution in [1.29, 1.82) is 0 Å². The number of nitrogens with one attached hydrogen (secondary N) is 1. The fraction of sp³-hybridized carbons (Fsp3) is 0.733. The van der Waals surface area contributed by atoms with Crippen LogP contribution in [0.1, 0.15) is 44.6 Å². The van der Waals surface area contributed by atoms with Crippen LogP contribution in [0.25, 0.3) is 0 Å². The SMILES string of the molecule is CCC1(C)CCN(Cc2nc(C)cc(NC)n2)CC1. The Hall–Kier alpha value is -1.16. The number of rotatable bonds is 4. The van der Waals surface area contributed by atoms with E-state index in [1.54, 1.807) is 0 Å². The van der Waals surface area contributed by atoms with Crippen molar-refractivity contribution in [3.8, 4) is 0 Å². The first-order valence-electron chi connectivity index (χ1n) is 7.29. The van der Waals surface area contributed by atoms with Gasteiger partial charge >= 0.3 is 0 Å². The second-order valence-corrected chi connectivity index (χ2v) is 6.00. The number of piperidine rings is 1. The van der Waals surface area contributed by atoms with E-state index < -0.39 is 0 Å². The third-order valence-corrected chi connectivity index (χ3v) is 4.44. The van der Waals surface area contributed by atoms with Gasteiger partial charge in [0.1, 0.15) is 11.6 Å². The standard InChI is InChI=1S/C15H26N4/c1-5-15(3)6-8-19(9-7-15)11-14-17-12(2)10-13(16-4)18-14/h10H,5-9,11H2,1-4H3,(H,16,17,18). The lowest BCUT2D eigenvalue weighted by Crippen LogP contribution is -2.38. The Morgan fingerprint density at radius 3 is 2.58 bits per heavy atom. The maximum Gasteiger partial charge on any atom is 0.144 e. The summed E-state index contributed by atoms with van der Waals surface area (Å²) in [6.45, 7) is 9.94. The zero-order valence-electron chi connectivity index (χ0n) is 12.7. The number of aromatic nitrogens is 2. The molecule has 0 bridgehead atoms. The Labute approximate surface area is 116 Å². The van der Waals surface area contributed by atoms with E-state index in [-0.39, 0.29) is 0 Å². The van der Waals surface area contributed by atoms with Crippen LogP contribution in [-0.4, -0.2) is 35.0 Å². The largest absolute Gasteiger partial charge is 0.373 e. The van der Waals surface area contributed by atoms with Gasteiger partial charge in [-0.05, 0) is 38.3 Å². The predicted molar refractivity (Wildman–Crippen MR) is 79.2 cm³/mol. The van der Waals surface area contributed by atoms with Crippen molar-refractivity contribution in [2.45, 2.75) is 46.6 Å². The zero-order valence-corrected chi connectivity index (χ0v) is 12.7. The number of hydrogen-bond acceptors (Lipinski definition) is 4. The van der Waals surface area contributed by atoms with Gasteiger partial charge in [-0.1, -0.05) is 20.3 Å². The summed E-state index contributed by atoms with van der Waals surface area (Å²) >= 11 is 0. The van der Waals surface area contributed by atoms with Gasteiger partial charge in [0.05, 0.1) is 6.54 Å². The quantitative estimate of drug-likeness (QED) is 0.906. The van der Waals surface area contributed by atoms with Crippen molar-refractivity contribution in [2.75, 3.05) is 25.5 Å². The van der Waals surface area contributed by atoms with E-state index in [4.69, 9.17) is 0 Å². The summed E-state index contributed by atoms with van der Waals surface area (Å²) in [6.07, 6.45) is 3.86. The topological polar surface area (TPSA) is 41.1 Å². The first kappa shape index (κ1) is 14.3. The monoisotopic (exact) mass is 262 g/mol. The van der Waals surface area contributed by atoms with E-state index in [1.807, 2.05) is 20.0 Å². The number of likely N-dealkylation sites (tertiary alicyclic amines) is 1. The second kappa shape index (κ2) is 5.87. The molecule has 1 fully saturated rings. The molecule has 1 aromatic heterocycles. The molecule has 0 radical (unpaired) electrons. The first-order valence-corrected chi connectivity index (χ1v) is 7.29. The molecule has 0 atom stereocenters. The van der Waals surface area contributed by atoms with Gasteiger partial charge < -0.3 is 5.32 Å². The highest BCUT2D eigenvalue weighted by Crippen LogP contribution is 2.34. The molecule has 4 nitrogen and oxygen atoms in total. The van der Waals surface area contributed by atoms with E-state index in [0.717, 1.165) is 37.0 Å². The molecule has 1 saturated heterocycles. The van der Waals surface area contributed by atoms with E-state index in [0.29, 0.717) is 5.41 Å². The van der Waals surface area contributed by atoms with Gasteiger partial charge in [-0.15, -0.1) is 0 Å². The molecule has 0 aromatic carbocycles. The minimum Gasteiger partial charge on any atom is -0.373 e. The second-order valence-electron chi connectivity index (χ2n) is 6.00. The van der Waals surface area contributed by atoms with Gasteiger partial charge in [-0.25, -0.2) is 9.97 Å². The van der Waals surface area contributed by atoms with Crippen LogP contribution in [0.3, 0.4) is 0 Å². The van der Waals surface area contributed by atoms with Crippen molar-refractivity contribution in [1.82, 2.24) is 14.9 Å². The van der Waals surface area contributed by atoms with Crippen LogP contribution in [-0.2, 0) is 6.54 Å². The minimum absolute atomic E-state index is 0.542. The van der Waals surface area contributed by atoms with Crippen LogP contribution in [0.15, 0.2) is 6.07 Å². The molecule has 2 heterocycles. The first-order chi connectivity index (χ1) is 9.04. The maximum atomic E-state index is 4.54. The van der Waals surface area contributed by atoms with Gasteiger partial charge in [0.2, 0.25) is 0 Å². The van der Waals surface area contributed by atoms with Crippen molar-refractivity contribution in [2.24, 2.45) is 5.41 Å². The molecule has 1 aliphatic heterocycles. The summed E-state index contributed by atoms with van der Waals surface area (Å²) in [5, 5.41) is 3.10. The van der Waals surface area contributed by atoms with Gasteiger partial charge in [0, 0.05) is 18.8 Å². The highest BCUT2D eigenvalue weighted by atomic mass is 15.2. The van der Waals surface area contributed by atoms with Crippen molar-refractivity contribution in [3.05, 3.63) is 17.6 Å². The Kier molecular flexibility index (Phi) is 4.40. The molecule has 0 aliphatic carbocycles. The number of hydrogen-bond donors (Lipinski definition) is 1. The van der Waals surface area contributed by atoms with Crippen molar-refractivity contribution in [3.63, 3.8) is 0 Å². The van der Waals surface area contributed by atoms with Crippen molar-refractivity contribution >= 4 is 5.82 Å². The summed E-state index contributed by atoms with van der Waals surface area (Å²) < 4.78 is 0. The van der Waals surface area contributed by atoms with Crippen LogP contribution in [0.4, 0.5) is 5.82 Å². The number of anilines is 1. The summed E-state index contributed by atoms with van der Waals surface area (Å²) in [6, 6.07) is 1.98. The highest BCUT2D eigenvalue weighted by molar-refractivity contribution is 5.34. The molecular weight excluding hydrogens is 236 g/mol. The Balaban J connectivity index is 1.97. The molecule has 1 aromatic rings. The smallest absolute Gasteiger partial charge is 0.144 e. The molecule has 4 heteroatoms. The van der Waals surface area contributed by atoms with Crippen LogP contribution < -0.4 is 5.32 Å². The predicted octanol–water partition coefficient (Wildman–Crippen LogP) is 2.84. The molecule has 19 heavy (non-hydrogen) atoms. The van der Waals surface area contributed by atoms with Gasteiger partial charge in [0.15, 0.2) is 0 Å². The molecule has 0 saturated carbocycles. The van der Waals surface area contributed by atoms with Gasteiger partial charge in [0.25, 0.3) is 0 Å². The zero-order chi connectivity index (χ0) is 13.9. The van der Waals surface area contributed by atoms with E-state index in [9.17, 15) is 0 Å². The molecule has 1 N–H and O–H groups in total. The maximum absolute atomic E-state index is 4.54. The summed E-state index contributed by atoms with van der Waals surface area (Å²) in [5.74, 6) is 1.85. The van der Waals surface area contributed by atoms with Crippen LogP contribution in [0.2, 0.25) is 0 Å². The average Bonchev–Trinajstić information content (AvgIpc) is 2.41. The van der Waals surface area contributed by atoms with Gasteiger partial charge in [-0.2, -0.15) is 0 Å². The number of nitrogens with zero attached hydrogens (tertiary/aromatic N) is 3. The molecular formula is C15H26N4. The minimum atomic E-state index is 0.542. The number of aryl methyl sites for hydroxylation is 1. The third kappa shape index (κ3) is 3.66. The molecule has 0 spiro atoms. The van der Waals surface area contributed by atoms with E-state index >= 15 is 0 Å². The fourth-order valence-electron chi connectivity index (χ4n) is 2.63. The lowest BCUT2D eigenvalue weighted by atomic mass is 9.78. The van der Waals surface area contributed by atoms with Gasteiger partial charge in [-0.3, -0.25) is 4.90 Å².